The van der Waals surface area contributed by atoms with Crippen LogP contribution in [0.4, 0.5) is 4.39 Å². The van der Waals surface area contributed by atoms with Gasteiger partial charge in [-0.2, -0.15) is 0 Å². The third-order valence-corrected chi connectivity index (χ3v) is 2.16. The van der Waals surface area contributed by atoms with E-state index in [2.05, 4.69) is 4.84 Å². The smallest absolute Gasteiger partial charge is 0.165 e. The highest BCUT2D eigenvalue weighted by molar-refractivity contribution is 5.47. The van der Waals surface area contributed by atoms with Crippen LogP contribution in [0, 0.1) is 5.82 Å². The molecule has 0 heterocycles. The van der Waals surface area contributed by atoms with Gasteiger partial charge in [0.2, 0.25) is 0 Å². The summed E-state index contributed by atoms with van der Waals surface area (Å²) >= 11 is 0. The van der Waals surface area contributed by atoms with Crippen molar-refractivity contribution in [1.29, 1.82) is 0 Å². The molecule has 0 fully saturated rings. The van der Waals surface area contributed by atoms with Crippen LogP contribution in [0.1, 0.15) is 19.4 Å². The highest BCUT2D eigenvalue weighted by atomic mass is 19.1. The first kappa shape index (κ1) is 13.7. The average Bonchev–Trinajstić information content (AvgIpc) is 2.28. The van der Waals surface area contributed by atoms with E-state index in [9.17, 15) is 4.39 Å². The summed E-state index contributed by atoms with van der Waals surface area (Å²) in [5.74, 6) is 5.52. The summed E-state index contributed by atoms with van der Waals surface area (Å²) < 4.78 is 24.1. The molecule has 96 valence electrons. The number of hydrogen-bond acceptors (Lipinski definition) is 4. The topological polar surface area (TPSA) is 53.7 Å². The molecule has 5 heteroatoms. The summed E-state index contributed by atoms with van der Waals surface area (Å²) in [6.07, 6.45) is 0.444. The fourth-order valence-electron chi connectivity index (χ4n) is 1.50. The van der Waals surface area contributed by atoms with Crippen LogP contribution < -0.4 is 15.4 Å². The first-order valence-corrected chi connectivity index (χ1v) is 5.43. The van der Waals surface area contributed by atoms with Crippen LogP contribution in [-0.2, 0) is 11.3 Å². The minimum absolute atomic E-state index is 0.0214. The summed E-state index contributed by atoms with van der Waals surface area (Å²) in [4.78, 5) is 4.50. The summed E-state index contributed by atoms with van der Waals surface area (Å²) in [5.41, 5.74) is 0.681. The predicted molar refractivity (Wildman–Crippen MR) is 62.6 cm³/mol. The summed E-state index contributed by atoms with van der Waals surface area (Å²) in [6, 6.07) is 2.70. The van der Waals surface area contributed by atoms with Gasteiger partial charge in [0.25, 0.3) is 0 Å². The van der Waals surface area contributed by atoms with E-state index < -0.39 is 0 Å². The van der Waals surface area contributed by atoms with E-state index >= 15 is 0 Å². The molecular formula is C12H18FNO3. The predicted octanol–water partition coefficient (Wildman–Crippen LogP) is 2.05. The van der Waals surface area contributed by atoms with Crippen LogP contribution in [0.5, 0.6) is 11.5 Å². The standard InChI is InChI=1S/C12H18FNO3/c1-8(2)17-12-9(4-5-16-14)6-10(13)7-11(12)15-3/h6-8H,4-5,14H2,1-3H3. The van der Waals surface area contributed by atoms with Crippen LogP contribution in [0.25, 0.3) is 0 Å². The third kappa shape index (κ3) is 3.87. The molecule has 0 aliphatic carbocycles. The van der Waals surface area contributed by atoms with Crippen molar-refractivity contribution in [3.63, 3.8) is 0 Å². The maximum absolute atomic E-state index is 13.4. The lowest BCUT2D eigenvalue weighted by molar-refractivity contribution is 0.139. The number of methoxy groups -OCH3 is 1. The van der Waals surface area contributed by atoms with Crippen molar-refractivity contribution in [3.8, 4) is 11.5 Å². The van der Waals surface area contributed by atoms with Gasteiger partial charge < -0.3 is 14.3 Å². The molecule has 2 N–H and O–H groups in total. The summed E-state index contributed by atoms with van der Waals surface area (Å²) in [7, 11) is 1.48. The Balaban J connectivity index is 3.08. The van der Waals surface area contributed by atoms with E-state index in [1.165, 1.54) is 19.2 Å². The second-order valence-corrected chi connectivity index (χ2v) is 3.88. The Morgan fingerprint density at radius 2 is 2.06 bits per heavy atom. The number of ether oxygens (including phenoxy) is 2. The van der Waals surface area contributed by atoms with E-state index in [1.54, 1.807) is 0 Å². The SMILES string of the molecule is COc1cc(F)cc(CCON)c1OC(C)C. The van der Waals surface area contributed by atoms with Crippen LogP contribution in [0.3, 0.4) is 0 Å². The molecule has 0 radical (unpaired) electrons. The van der Waals surface area contributed by atoms with Gasteiger partial charge in [-0.3, -0.25) is 0 Å². The van der Waals surface area contributed by atoms with E-state index in [0.717, 1.165) is 0 Å². The molecular weight excluding hydrogens is 225 g/mol. The molecule has 0 saturated heterocycles. The van der Waals surface area contributed by atoms with Gasteiger partial charge in [-0.1, -0.05) is 0 Å². The fraction of sp³-hybridized carbons (Fsp3) is 0.500. The van der Waals surface area contributed by atoms with E-state index in [4.69, 9.17) is 15.4 Å². The number of nitrogens with two attached hydrogens (primary N) is 1. The van der Waals surface area contributed by atoms with Crippen molar-refractivity contribution in [1.82, 2.24) is 0 Å². The van der Waals surface area contributed by atoms with Gasteiger partial charge in [0, 0.05) is 18.1 Å². The Morgan fingerprint density at radius 1 is 1.35 bits per heavy atom. The minimum atomic E-state index is -0.370. The number of benzene rings is 1. The Hall–Kier alpha value is -1.33. The summed E-state index contributed by atoms with van der Waals surface area (Å²) in [5, 5.41) is 0. The third-order valence-electron chi connectivity index (χ3n) is 2.16. The quantitative estimate of drug-likeness (QED) is 0.777. The van der Waals surface area contributed by atoms with Crippen LogP contribution in [-0.4, -0.2) is 19.8 Å². The molecule has 0 atom stereocenters. The van der Waals surface area contributed by atoms with Crippen molar-refractivity contribution in [2.24, 2.45) is 5.90 Å². The Labute approximate surface area is 100 Å². The zero-order valence-electron chi connectivity index (χ0n) is 10.3. The van der Waals surface area contributed by atoms with Gasteiger partial charge in [-0.25, -0.2) is 10.3 Å². The Morgan fingerprint density at radius 3 is 2.59 bits per heavy atom. The van der Waals surface area contributed by atoms with Gasteiger partial charge in [0.1, 0.15) is 5.82 Å². The molecule has 0 unspecified atom stereocenters. The van der Waals surface area contributed by atoms with Crippen molar-refractivity contribution >= 4 is 0 Å². The summed E-state index contributed by atoms with van der Waals surface area (Å²) in [6.45, 7) is 4.08. The molecule has 0 aromatic heterocycles. The maximum atomic E-state index is 13.4. The zero-order valence-corrected chi connectivity index (χ0v) is 10.3. The van der Waals surface area contributed by atoms with E-state index in [1.807, 2.05) is 13.8 Å². The highest BCUT2D eigenvalue weighted by Crippen LogP contribution is 2.33. The zero-order chi connectivity index (χ0) is 12.8. The average molecular weight is 243 g/mol. The number of rotatable bonds is 6. The monoisotopic (exact) mass is 243 g/mol. The largest absolute Gasteiger partial charge is 0.493 e. The molecule has 0 aliphatic heterocycles. The lowest BCUT2D eigenvalue weighted by Gasteiger charge is -2.17. The molecule has 0 bridgehead atoms. The number of hydrogen-bond donors (Lipinski definition) is 1. The molecule has 1 rings (SSSR count). The molecule has 0 amide bonds. The molecule has 0 saturated carbocycles. The lowest BCUT2D eigenvalue weighted by atomic mass is 10.1. The lowest BCUT2D eigenvalue weighted by Crippen LogP contribution is -2.11. The maximum Gasteiger partial charge on any atom is 0.165 e. The molecule has 1 aromatic rings. The van der Waals surface area contributed by atoms with Crippen molar-refractivity contribution < 1.29 is 18.7 Å². The Bertz CT molecular complexity index is 369. The molecule has 17 heavy (non-hydrogen) atoms. The molecule has 0 spiro atoms. The first-order chi connectivity index (χ1) is 8.08. The van der Waals surface area contributed by atoms with E-state index in [0.29, 0.717) is 30.1 Å². The molecule has 0 aliphatic rings. The number of halogens is 1. The fourth-order valence-corrected chi connectivity index (χ4v) is 1.50. The van der Waals surface area contributed by atoms with Crippen molar-refractivity contribution in [2.45, 2.75) is 26.4 Å². The van der Waals surface area contributed by atoms with Gasteiger partial charge >= 0.3 is 0 Å². The Kier molecular flexibility index (Phi) is 5.18. The molecule has 4 nitrogen and oxygen atoms in total. The van der Waals surface area contributed by atoms with Crippen LogP contribution >= 0.6 is 0 Å². The normalized spacial score (nSPS) is 10.7. The van der Waals surface area contributed by atoms with Gasteiger partial charge in [0.15, 0.2) is 11.5 Å². The van der Waals surface area contributed by atoms with Gasteiger partial charge in [0.05, 0.1) is 19.8 Å². The second-order valence-electron chi connectivity index (χ2n) is 3.88. The van der Waals surface area contributed by atoms with Gasteiger partial charge in [-0.05, 0) is 19.9 Å². The first-order valence-electron chi connectivity index (χ1n) is 5.43. The van der Waals surface area contributed by atoms with Crippen LogP contribution in [0.15, 0.2) is 12.1 Å². The van der Waals surface area contributed by atoms with Crippen molar-refractivity contribution in [3.05, 3.63) is 23.5 Å². The minimum Gasteiger partial charge on any atom is -0.493 e. The van der Waals surface area contributed by atoms with Crippen molar-refractivity contribution in [2.75, 3.05) is 13.7 Å². The van der Waals surface area contributed by atoms with E-state index in [-0.39, 0.29) is 11.9 Å². The molecule has 1 aromatic carbocycles. The highest BCUT2D eigenvalue weighted by Gasteiger charge is 2.14. The van der Waals surface area contributed by atoms with Crippen LogP contribution in [0.2, 0.25) is 0 Å². The van der Waals surface area contributed by atoms with Gasteiger partial charge in [-0.15, -0.1) is 0 Å². The second kappa shape index (κ2) is 6.42.